The lowest BCUT2D eigenvalue weighted by molar-refractivity contribution is 0.521. The van der Waals surface area contributed by atoms with E-state index in [4.69, 9.17) is 0 Å². The van der Waals surface area contributed by atoms with Crippen LogP contribution in [0.3, 0.4) is 0 Å². The molecule has 9 aliphatic rings. The minimum atomic E-state index is 0.248. The van der Waals surface area contributed by atoms with Gasteiger partial charge in [-0.15, -0.1) is 0 Å². The van der Waals surface area contributed by atoms with Crippen LogP contribution < -0.4 is 0 Å². The zero-order valence-corrected chi connectivity index (χ0v) is 32.8. The average Bonchev–Trinajstić information content (AvgIpc) is 3.92. The van der Waals surface area contributed by atoms with Crippen LogP contribution in [0.2, 0.25) is 0 Å². The van der Waals surface area contributed by atoms with Crippen LogP contribution in [0.25, 0.3) is 77.2 Å². The molecule has 0 amide bonds. The van der Waals surface area contributed by atoms with Gasteiger partial charge in [0.25, 0.3) is 0 Å². The van der Waals surface area contributed by atoms with Crippen molar-refractivity contribution in [1.29, 1.82) is 0 Å². The molecule has 0 aliphatic heterocycles. The van der Waals surface area contributed by atoms with E-state index in [0.717, 1.165) is 12.8 Å². The predicted octanol–water partition coefficient (Wildman–Crippen LogP) is 14.8. The third-order valence-corrected chi connectivity index (χ3v) is 15.6. The lowest BCUT2D eigenvalue weighted by Gasteiger charge is -2.49. The van der Waals surface area contributed by atoms with E-state index in [1.807, 2.05) is 0 Å². The molecule has 4 unspecified atom stereocenters. The lowest BCUT2D eigenvalue weighted by atomic mass is 9.53. The molecule has 59 heavy (non-hydrogen) atoms. The molecule has 0 heterocycles. The number of hydrogen-bond donors (Lipinski definition) is 0. The first-order valence-corrected chi connectivity index (χ1v) is 21.6. The molecule has 0 nitrogen and oxygen atoms in total. The maximum atomic E-state index is 2.62. The minimum Gasteiger partial charge on any atom is -0.0836 e. The molecule has 6 aromatic rings. The summed E-state index contributed by atoms with van der Waals surface area (Å²) in [6.45, 7) is 2.39. The Morgan fingerprint density at radius 1 is 0.441 bits per heavy atom. The highest BCUT2D eigenvalue weighted by Crippen LogP contribution is 2.69. The Balaban J connectivity index is 1.08. The van der Waals surface area contributed by atoms with Crippen LogP contribution in [0.4, 0.5) is 0 Å². The van der Waals surface area contributed by atoms with E-state index < -0.39 is 0 Å². The van der Waals surface area contributed by atoms with Crippen molar-refractivity contribution in [3.63, 3.8) is 0 Å². The Bertz CT molecular complexity index is 3410. The largest absolute Gasteiger partial charge is 0.0836 e. The molecule has 0 bridgehead atoms. The highest BCUT2D eigenvalue weighted by molar-refractivity contribution is 6.30. The van der Waals surface area contributed by atoms with Crippen molar-refractivity contribution in [2.75, 3.05) is 0 Å². The van der Waals surface area contributed by atoms with Crippen molar-refractivity contribution in [2.24, 2.45) is 23.7 Å². The average molecular weight is 747 g/mol. The molecule has 1 saturated carbocycles. The number of benzene rings is 6. The fraction of sp³-hybridized carbons (Fsp3) is 0.119. The third-order valence-electron chi connectivity index (χ3n) is 15.6. The van der Waals surface area contributed by atoms with E-state index >= 15 is 0 Å². The van der Waals surface area contributed by atoms with Crippen LogP contribution in [0.15, 0.2) is 192 Å². The van der Waals surface area contributed by atoms with E-state index in [2.05, 4.69) is 171 Å². The van der Waals surface area contributed by atoms with Gasteiger partial charge in [-0.1, -0.05) is 158 Å². The fourth-order valence-corrected chi connectivity index (χ4v) is 13.6. The van der Waals surface area contributed by atoms with Crippen molar-refractivity contribution >= 4 is 55.0 Å². The summed E-state index contributed by atoms with van der Waals surface area (Å²) in [5, 5.41) is 5.58. The smallest absolute Gasteiger partial charge is 0.0212 e. The molecule has 9 aliphatic carbocycles. The number of allylic oxidation sites excluding steroid dienone is 20. The second-order valence-electron chi connectivity index (χ2n) is 18.0. The first-order chi connectivity index (χ1) is 29.2. The van der Waals surface area contributed by atoms with Crippen molar-refractivity contribution in [3.8, 4) is 22.3 Å². The highest BCUT2D eigenvalue weighted by atomic mass is 14.6. The Labute approximate surface area is 344 Å². The summed E-state index contributed by atoms with van der Waals surface area (Å²) in [5.74, 6) is 1.26. The molecule has 0 radical (unpaired) electrons. The normalized spacial score (nSPS) is 24.1. The van der Waals surface area contributed by atoms with Gasteiger partial charge >= 0.3 is 0 Å². The molecule has 6 aromatic carbocycles. The van der Waals surface area contributed by atoms with Gasteiger partial charge in [0.05, 0.1) is 0 Å². The number of rotatable bonds is 2. The van der Waals surface area contributed by atoms with Crippen molar-refractivity contribution in [1.82, 2.24) is 0 Å². The van der Waals surface area contributed by atoms with Gasteiger partial charge in [-0.3, -0.25) is 0 Å². The number of fused-ring (bicyclic) bond motifs is 12. The Hall–Kier alpha value is -6.76. The summed E-state index contributed by atoms with van der Waals surface area (Å²) < 4.78 is 0. The quantitative estimate of drug-likeness (QED) is 0.155. The molecule has 1 fully saturated rings. The second kappa shape index (κ2) is 10.8. The van der Waals surface area contributed by atoms with Gasteiger partial charge < -0.3 is 0 Å². The van der Waals surface area contributed by atoms with Crippen LogP contribution in [-0.4, -0.2) is 0 Å². The molecule has 0 N–H and O–H groups in total. The molecule has 0 spiro atoms. The molecule has 0 heteroatoms. The summed E-state index contributed by atoms with van der Waals surface area (Å²) in [6.07, 6.45) is 24.7. The maximum Gasteiger partial charge on any atom is 0.0212 e. The first-order valence-electron chi connectivity index (χ1n) is 21.6. The highest BCUT2D eigenvalue weighted by Gasteiger charge is 2.55. The molecule has 0 saturated heterocycles. The molecular formula is C59H38. The molecule has 15 rings (SSSR count). The van der Waals surface area contributed by atoms with Crippen LogP contribution in [0.1, 0.15) is 53.1 Å². The van der Waals surface area contributed by atoms with Gasteiger partial charge in [0.2, 0.25) is 0 Å². The van der Waals surface area contributed by atoms with Crippen LogP contribution in [-0.2, 0) is 0 Å². The van der Waals surface area contributed by atoms with Crippen LogP contribution in [0, 0.1) is 23.7 Å². The van der Waals surface area contributed by atoms with Gasteiger partial charge in [-0.05, 0) is 164 Å². The second-order valence-corrected chi connectivity index (χ2v) is 18.0. The summed E-state index contributed by atoms with van der Waals surface area (Å²) in [6, 6.07) is 41.6. The zero-order valence-electron chi connectivity index (χ0n) is 32.8. The minimum absolute atomic E-state index is 0.248. The van der Waals surface area contributed by atoms with E-state index in [1.54, 1.807) is 11.1 Å². The maximum absolute atomic E-state index is 2.62. The molecule has 4 atom stereocenters. The molecule has 274 valence electrons. The fourth-order valence-electron chi connectivity index (χ4n) is 13.6. The monoisotopic (exact) mass is 746 g/mol. The van der Waals surface area contributed by atoms with Gasteiger partial charge in [0.15, 0.2) is 0 Å². The van der Waals surface area contributed by atoms with E-state index in [-0.39, 0.29) is 11.8 Å². The van der Waals surface area contributed by atoms with E-state index in [1.165, 1.54) is 127 Å². The molecular weight excluding hydrogens is 709 g/mol. The Morgan fingerprint density at radius 3 is 1.81 bits per heavy atom. The van der Waals surface area contributed by atoms with Crippen molar-refractivity contribution in [3.05, 3.63) is 225 Å². The van der Waals surface area contributed by atoms with Gasteiger partial charge in [-0.25, -0.2) is 0 Å². The zero-order chi connectivity index (χ0) is 38.2. The van der Waals surface area contributed by atoms with Gasteiger partial charge in [-0.2, -0.15) is 0 Å². The van der Waals surface area contributed by atoms with Crippen LogP contribution in [0.5, 0.6) is 0 Å². The van der Waals surface area contributed by atoms with E-state index in [0.29, 0.717) is 11.8 Å². The van der Waals surface area contributed by atoms with Crippen LogP contribution >= 0.6 is 0 Å². The lowest BCUT2D eigenvalue weighted by Crippen LogP contribution is -2.38. The van der Waals surface area contributed by atoms with Crippen molar-refractivity contribution in [2.45, 2.75) is 19.8 Å². The molecule has 0 aromatic heterocycles. The first kappa shape index (κ1) is 31.3. The standard InChI is InChI=1S/C59H38/c1-31-29-46-36-19-10-9-18-35(36)39-23-24-41-40-25-26-44-55-45(28-27-43(53(40)55)49(31)57(41)54(39)46)59-51(33-15-6-3-7-16-33)56-42-22-12-21-38-34-17-8-11-20-37(34)47(52(38)42)30-48(56)50(58(44)59)32-13-4-2-5-14-32/h2-10,12-19,21-30,53-55,57H,11,20H2,1H3. The summed E-state index contributed by atoms with van der Waals surface area (Å²) >= 11 is 0. The predicted molar refractivity (Wildman–Crippen MR) is 247 cm³/mol. The summed E-state index contributed by atoms with van der Waals surface area (Å²) in [7, 11) is 0. The van der Waals surface area contributed by atoms with Crippen molar-refractivity contribution < 1.29 is 0 Å². The number of hydrogen-bond acceptors (Lipinski definition) is 0. The van der Waals surface area contributed by atoms with Gasteiger partial charge in [0, 0.05) is 23.7 Å². The summed E-state index contributed by atoms with van der Waals surface area (Å²) in [5.41, 5.74) is 30.5. The Kier molecular flexibility index (Phi) is 5.74. The SMILES string of the molecule is CC1=C2C3=CC=C4c5c(c(-c6ccccc6)c6cc7c8c(cccc8c6c5-c5ccccc5)C5=C7CCC=C5)C5=CC=C(C6=CC=C7c8ccccc8C(=C1)C7C62)C3C54. The van der Waals surface area contributed by atoms with Gasteiger partial charge in [0.1, 0.15) is 0 Å². The third kappa shape index (κ3) is 3.66. The Morgan fingerprint density at radius 2 is 1.03 bits per heavy atom. The summed E-state index contributed by atoms with van der Waals surface area (Å²) in [4.78, 5) is 0. The van der Waals surface area contributed by atoms with E-state index in [9.17, 15) is 0 Å². The topological polar surface area (TPSA) is 0 Å².